The standard InChI is InChI=1S/C10H13F2N5O/c11-10(12)3-7(13-5-10)9(18)17-2-1-6-8(4-17)15-16-14-6/h7,13H,1-5H2,(H,14,15,16). The van der Waals surface area contributed by atoms with Crippen molar-refractivity contribution in [3.8, 4) is 0 Å². The number of nitrogens with one attached hydrogen (secondary N) is 2. The molecule has 0 spiro atoms. The van der Waals surface area contributed by atoms with Gasteiger partial charge in [0.1, 0.15) is 5.69 Å². The molecule has 0 aliphatic carbocycles. The van der Waals surface area contributed by atoms with Crippen LogP contribution in [0.4, 0.5) is 8.78 Å². The Morgan fingerprint density at radius 1 is 1.39 bits per heavy atom. The van der Waals surface area contributed by atoms with Gasteiger partial charge in [-0.15, -0.1) is 0 Å². The van der Waals surface area contributed by atoms with Crippen LogP contribution in [0.25, 0.3) is 0 Å². The maximum Gasteiger partial charge on any atom is 0.262 e. The molecule has 3 heterocycles. The van der Waals surface area contributed by atoms with Crippen LogP contribution in [-0.2, 0) is 17.8 Å². The Labute approximate surface area is 102 Å². The van der Waals surface area contributed by atoms with Gasteiger partial charge in [0.25, 0.3) is 5.92 Å². The molecule has 8 heteroatoms. The maximum absolute atomic E-state index is 13.1. The lowest BCUT2D eigenvalue weighted by molar-refractivity contribution is -0.134. The number of hydrogen-bond acceptors (Lipinski definition) is 4. The highest BCUT2D eigenvalue weighted by Crippen LogP contribution is 2.27. The van der Waals surface area contributed by atoms with E-state index in [4.69, 9.17) is 0 Å². The summed E-state index contributed by atoms with van der Waals surface area (Å²) in [4.78, 5) is 13.7. The van der Waals surface area contributed by atoms with E-state index in [-0.39, 0.29) is 5.91 Å². The van der Waals surface area contributed by atoms with Gasteiger partial charge in [0.05, 0.1) is 24.8 Å². The van der Waals surface area contributed by atoms with Crippen LogP contribution in [-0.4, -0.2) is 51.3 Å². The van der Waals surface area contributed by atoms with Crippen LogP contribution in [0.2, 0.25) is 0 Å². The zero-order valence-electron chi connectivity index (χ0n) is 9.62. The van der Waals surface area contributed by atoms with Gasteiger partial charge < -0.3 is 4.90 Å². The van der Waals surface area contributed by atoms with E-state index in [0.29, 0.717) is 19.5 Å². The Kier molecular flexibility index (Phi) is 2.54. The van der Waals surface area contributed by atoms with E-state index in [1.54, 1.807) is 4.90 Å². The summed E-state index contributed by atoms with van der Waals surface area (Å²) >= 11 is 0. The van der Waals surface area contributed by atoms with Gasteiger partial charge in [0.15, 0.2) is 0 Å². The van der Waals surface area contributed by atoms with Gasteiger partial charge >= 0.3 is 0 Å². The summed E-state index contributed by atoms with van der Waals surface area (Å²) in [5, 5.41) is 13.0. The Bertz CT molecular complexity index is 475. The molecule has 1 aromatic heterocycles. The van der Waals surface area contributed by atoms with E-state index in [0.717, 1.165) is 11.4 Å². The Morgan fingerprint density at radius 3 is 2.89 bits per heavy atom. The van der Waals surface area contributed by atoms with E-state index in [9.17, 15) is 13.6 Å². The second-order valence-electron chi connectivity index (χ2n) is 4.72. The minimum Gasteiger partial charge on any atom is -0.335 e. The summed E-state index contributed by atoms with van der Waals surface area (Å²) < 4.78 is 26.1. The molecule has 1 amide bonds. The molecule has 1 saturated heterocycles. The topological polar surface area (TPSA) is 73.9 Å². The molecule has 6 nitrogen and oxygen atoms in total. The lowest BCUT2D eigenvalue weighted by atomic mass is 10.1. The number of fused-ring (bicyclic) bond motifs is 1. The summed E-state index contributed by atoms with van der Waals surface area (Å²) in [6, 6.07) is -0.784. The Balaban J connectivity index is 1.68. The molecule has 2 aliphatic rings. The molecule has 1 aromatic rings. The van der Waals surface area contributed by atoms with Crippen molar-refractivity contribution in [1.29, 1.82) is 0 Å². The SMILES string of the molecule is O=C(C1CC(F)(F)CN1)N1CCc2n[nH]nc2C1. The first-order valence-corrected chi connectivity index (χ1v) is 5.84. The Hall–Kier alpha value is -1.57. The van der Waals surface area contributed by atoms with Gasteiger partial charge in [-0.25, -0.2) is 8.78 Å². The molecule has 0 radical (unpaired) electrons. The number of halogens is 2. The summed E-state index contributed by atoms with van der Waals surface area (Å²) in [6.07, 6.45) is 0.189. The lowest BCUT2D eigenvalue weighted by Gasteiger charge is -2.27. The fourth-order valence-electron chi connectivity index (χ4n) is 2.40. The van der Waals surface area contributed by atoms with E-state index < -0.39 is 24.9 Å². The number of rotatable bonds is 1. The molecule has 3 rings (SSSR count). The van der Waals surface area contributed by atoms with Crippen molar-refractivity contribution >= 4 is 5.91 Å². The summed E-state index contributed by atoms with van der Waals surface area (Å²) in [5.41, 5.74) is 1.57. The number of alkyl halides is 2. The number of carbonyl (C=O) groups is 1. The van der Waals surface area contributed by atoms with E-state index in [1.807, 2.05) is 0 Å². The van der Waals surface area contributed by atoms with Gasteiger partial charge in [-0.1, -0.05) is 0 Å². The fraction of sp³-hybridized carbons (Fsp3) is 0.700. The zero-order valence-corrected chi connectivity index (χ0v) is 9.62. The number of amides is 1. The summed E-state index contributed by atoms with van der Waals surface area (Å²) in [5.74, 6) is -3.06. The first-order chi connectivity index (χ1) is 8.55. The van der Waals surface area contributed by atoms with Gasteiger partial charge in [0.2, 0.25) is 5.91 Å². The van der Waals surface area contributed by atoms with Gasteiger partial charge in [-0.3, -0.25) is 10.1 Å². The summed E-state index contributed by atoms with van der Waals surface area (Å²) in [7, 11) is 0. The Morgan fingerprint density at radius 2 is 2.17 bits per heavy atom. The van der Waals surface area contributed by atoms with Crippen molar-refractivity contribution < 1.29 is 13.6 Å². The largest absolute Gasteiger partial charge is 0.335 e. The van der Waals surface area contributed by atoms with Crippen LogP contribution in [0, 0.1) is 0 Å². The average molecular weight is 257 g/mol. The molecule has 18 heavy (non-hydrogen) atoms. The van der Waals surface area contributed by atoms with Crippen molar-refractivity contribution in [2.24, 2.45) is 0 Å². The lowest BCUT2D eigenvalue weighted by Crippen LogP contribution is -2.45. The molecular weight excluding hydrogens is 244 g/mol. The highest BCUT2D eigenvalue weighted by Gasteiger charge is 2.44. The highest BCUT2D eigenvalue weighted by atomic mass is 19.3. The summed E-state index contributed by atoms with van der Waals surface area (Å²) in [6.45, 7) is 0.420. The normalized spacial score (nSPS) is 26.1. The van der Waals surface area contributed by atoms with E-state index in [1.165, 1.54) is 0 Å². The quantitative estimate of drug-likeness (QED) is 0.723. The second-order valence-corrected chi connectivity index (χ2v) is 4.72. The van der Waals surface area contributed by atoms with Crippen LogP contribution < -0.4 is 5.32 Å². The predicted molar refractivity (Wildman–Crippen MR) is 56.9 cm³/mol. The van der Waals surface area contributed by atoms with Crippen LogP contribution in [0.3, 0.4) is 0 Å². The van der Waals surface area contributed by atoms with Crippen molar-refractivity contribution in [3.05, 3.63) is 11.4 Å². The predicted octanol–water partition coefficient (Wildman–Crippen LogP) is -0.313. The van der Waals surface area contributed by atoms with Crippen LogP contribution >= 0.6 is 0 Å². The molecule has 0 saturated carbocycles. The number of nitrogens with zero attached hydrogens (tertiary/aromatic N) is 3. The monoisotopic (exact) mass is 257 g/mol. The number of carbonyl (C=O) groups excluding carboxylic acids is 1. The fourth-order valence-corrected chi connectivity index (χ4v) is 2.40. The number of aromatic amines is 1. The maximum atomic E-state index is 13.1. The van der Waals surface area contributed by atoms with Crippen molar-refractivity contribution in [2.75, 3.05) is 13.1 Å². The average Bonchev–Trinajstić information content (AvgIpc) is 2.93. The molecular formula is C10H13F2N5O. The molecule has 2 aliphatic heterocycles. The molecule has 2 N–H and O–H groups in total. The smallest absolute Gasteiger partial charge is 0.262 e. The molecule has 1 unspecified atom stereocenters. The van der Waals surface area contributed by atoms with Crippen molar-refractivity contribution in [3.63, 3.8) is 0 Å². The van der Waals surface area contributed by atoms with E-state index >= 15 is 0 Å². The number of hydrogen-bond donors (Lipinski definition) is 2. The van der Waals surface area contributed by atoms with E-state index in [2.05, 4.69) is 20.7 Å². The third kappa shape index (κ3) is 1.96. The van der Waals surface area contributed by atoms with Crippen molar-refractivity contribution in [1.82, 2.24) is 25.6 Å². The molecule has 1 atom stereocenters. The van der Waals surface area contributed by atoms with Crippen LogP contribution in [0.1, 0.15) is 17.8 Å². The molecule has 1 fully saturated rings. The third-order valence-electron chi connectivity index (χ3n) is 3.38. The van der Waals surface area contributed by atoms with Gasteiger partial charge in [0, 0.05) is 19.4 Å². The first-order valence-electron chi connectivity index (χ1n) is 5.84. The zero-order chi connectivity index (χ0) is 12.8. The van der Waals surface area contributed by atoms with Crippen LogP contribution in [0.5, 0.6) is 0 Å². The van der Waals surface area contributed by atoms with Gasteiger partial charge in [-0.05, 0) is 0 Å². The van der Waals surface area contributed by atoms with Crippen molar-refractivity contribution in [2.45, 2.75) is 31.4 Å². The first kappa shape index (κ1) is 11.5. The highest BCUT2D eigenvalue weighted by molar-refractivity contribution is 5.82. The molecule has 0 aromatic carbocycles. The molecule has 0 bridgehead atoms. The minimum atomic E-state index is -2.78. The number of aromatic nitrogens is 3. The minimum absolute atomic E-state index is 0.277. The number of H-pyrrole nitrogens is 1. The third-order valence-corrected chi connectivity index (χ3v) is 3.38. The molecule has 98 valence electrons. The van der Waals surface area contributed by atoms with Gasteiger partial charge in [-0.2, -0.15) is 15.4 Å². The van der Waals surface area contributed by atoms with Crippen LogP contribution in [0.15, 0.2) is 0 Å². The second kappa shape index (κ2) is 3.98.